The summed E-state index contributed by atoms with van der Waals surface area (Å²) in [5.41, 5.74) is 1.07. The van der Waals surface area contributed by atoms with Crippen LogP contribution in [0.3, 0.4) is 0 Å². The van der Waals surface area contributed by atoms with E-state index in [1.54, 1.807) is 4.31 Å². The molecule has 0 aliphatic heterocycles. The molecule has 1 aromatic carbocycles. The second-order valence-corrected chi connectivity index (χ2v) is 7.84. The van der Waals surface area contributed by atoms with Gasteiger partial charge >= 0.3 is 0 Å². The zero-order valence-electron chi connectivity index (χ0n) is 12.3. The van der Waals surface area contributed by atoms with Gasteiger partial charge in [0.05, 0.1) is 5.75 Å². The number of halogens is 1. The molecule has 0 saturated heterocycles. The minimum Gasteiger partial charge on any atom is -0.212 e. The van der Waals surface area contributed by atoms with E-state index < -0.39 is 10.0 Å². The van der Waals surface area contributed by atoms with E-state index in [4.69, 9.17) is 0 Å². The quantitative estimate of drug-likeness (QED) is 0.630. The second kappa shape index (κ2) is 8.80. The van der Waals surface area contributed by atoms with Gasteiger partial charge in [-0.05, 0) is 17.9 Å². The van der Waals surface area contributed by atoms with Crippen molar-refractivity contribution in [3.05, 3.63) is 35.9 Å². The van der Waals surface area contributed by atoms with Crippen molar-refractivity contribution in [2.45, 2.75) is 32.6 Å². The van der Waals surface area contributed by atoms with E-state index in [2.05, 4.69) is 22.9 Å². The van der Waals surface area contributed by atoms with Gasteiger partial charge in [-0.15, -0.1) is 0 Å². The molecule has 0 bridgehead atoms. The molecule has 0 fully saturated rings. The van der Waals surface area contributed by atoms with Crippen LogP contribution in [0, 0.1) is 0 Å². The van der Waals surface area contributed by atoms with E-state index in [1.807, 2.05) is 37.3 Å². The first kappa shape index (κ1) is 17.7. The van der Waals surface area contributed by atoms with Gasteiger partial charge in [-0.25, -0.2) is 12.7 Å². The summed E-state index contributed by atoms with van der Waals surface area (Å²) in [6.07, 6.45) is 1.91. The lowest BCUT2D eigenvalue weighted by Crippen LogP contribution is -2.36. The fourth-order valence-corrected chi connectivity index (χ4v) is 4.59. The number of sulfonamides is 1. The fraction of sp³-hybridized carbons (Fsp3) is 0.600. The molecule has 0 spiro atoms. The molecule has 1 atom stereocenters. The molecule has 0 N–H and O–H groups in total. The summed E-state index contributed by atoms with van der Waals surface area (Å²) < 4.78 is 26.6. The minimum atomic E-state index is -3.20. The summed E-state index contributed by atoms with van der Waals surface area (Å²) in [5, 5.41) is 0.676. The van der Waals surface area contributed by atoms with Crippen molar-refractivity contribution in [1.82, 2.24) is 4.31 Å². The number of unbranched alkanes of at least 4 members (excludes halogenated alkanes) is 1. The molecule has 1 rings (SSSR count). The average molecular weight is 362 g/mol. The Morgan fingerprint density at radius 2 is 1.85 bits per heavy atom. The van der Waals surface area contributed by atoms with Crippen LogP contribution in [0.1, 0.15) is 38.2 Å². The van der Waals surface area contributed by atoms with Crippen LogP contribution in [0.2, 0.25) is 0 Å². The van der Waals surface area contributed by atoms with Crippen LogP contribution in [0.15, 0.2) is 30.3 Å². The SMILES string of the molecule is CCCCN(CCBr)S(=O)(=O)CC(C)c1ccccc1. The third-order valence-corrected chi connectivity index (χ3v) is 5.75. The molecule has 0 radical (unpaired) electrons. The van der Waals surface area contributed by atoms with Gasteiger partial charge in [0.25, 0.3) is 0 Å². The third kappa shape index (κ3) is 5.54. The standard InChI is InChI=1S/C15H24BrNO2S/c1-3-4-11-17(12-10-16)20(18,19)13-14(2)15-8-6-5-7-9-15/h5-9,14H,3-4,10-13H2,1-2H3. The molecule has 114 valence electrons. The number of hydrogen-bond acceptors (Lipinski definition) is 2. The predicted octanol–water partition coefficient (Wildman–Crippen LogP) is 3.62. The molecule has 0 heterocycles. The fourth-order valence-electron chi connectivity index (χ4n) is 2.12. The summed E-state index contributed by atoms with van der Waals surface area (Å²) in [5.74, 6) is 0.189. The van der Waals surface area contributed by atoms with E-state index in [9.17, 15) is 8.42 Å². The lowest BCUT2D eigenvalue weighted by Gasteiger charge is -2.23. The predicted molar refractivity (Wildman–Crippen MR) is 88.9 cm³/mol. The molecule has 5 heteroatoms. The highest BCUT2D eigenvalue weighted by Gasteiger charge is 2.24. The van der Waals surface area contributed by atoms with Gasteiger partial charge in [0, 0.05) is 18.4 Å². The third-order valence-electron chi connectivity index (χ3n) is 3.32. The first-order valence-electron chi connectivity index (χ1n) is 7.10. The van der Waals surface area contributed by atoms with Gasteiger partial charge in [0.1, 0.15) is 0 Å². The topological polar surface area (TPSA) is 37.4 Å². The van der Waals surface area contributed by atoms with Gasteiger partial charge in [-0.3, -0.25) is 0 Å². The molecular formula is C15H24BrNO2S. The van der Waals surface area contributed by atoms with Crippen molar-refractivity contribution >= 4 is 26.0 Å². The zero-order valence-corrected chi connectivity index (χ0v) is 14.7. The highest BCUT2D eigenvalue weighted by atomic mass is 79.9. The van der Waals surface area contributed by atoms with Crippen molar-refractivity contribution in [2.24, 2.45) is 0 Å². The van der Waals surface area contributed by atoms with Crippen LogP contribution in [0.25, 0.3) is 0 Å². The molecule has 0 aliphatic carbocycles. The maximum absolute atomic E-state index is 12.5. The molecular weight excluding hydrogens is 338 g/mol. The number of hydrogen-bond donors (Lipinski definition) is 0. The van der Waals surface area contributed by atoms with E-state index >= 15 is 0 Å². The lowest BCUT2D eigenvalue weighted by molar-refractivity contribution is 0.420. The maximum Gasteiger partial charge on any atom is 0.214 e. The Kier molecular flexibility index (Phi) is 7.77. The molecule has 1 unspecified atom stereocenters. The highest BCUT2D eigenvalue weighted by Crippen LogP contribution is 2.19. The van der Waals surface area contributed by atoms with Crippen molar-refractivity contribution in [1.29, 1.82) is 0 Å². The smallest absolute Gasteiger partial charge is 0.212 e. The van der Waals surface area contributed by atoms with E-state index in [1.165, 1.54) is 0 Å². The minimum absolute atomic E-state index is 0.0145. The van der Waals surface area contributed by atoms with E-state index in [-0.39, 0.29) is 11.7 Å². The number of rotatable bonds is 9. The van der Waals surface area contributed by atoms with Crippen molar-refractivity contribution < 1.29 is 8.42 Å². The first-order chi connectivity index (χ1) is 9.51. The largest absolute Gasteiger partial charge is 0.214 e. The molecule has 1 aromatic rings. The number of nitrogens with zero attached hydrogens (tertiary/aromatic N) is 1. The van der Waals surface area contributed by atoms with Crippen LogP contribution in [-0.4, -0.2) is 36.9 Å². The normalized spacial score (nSPS) is 13.6. The Morgan fingerprint density at radius 3 is 2.40 bits per heavy atom. The molecule has 0 aromatic heterocycles. The van der Waals surface area contributed by atoms with E-state index in [0.29, 0.717) is 18.4 Å². The number of alkyl halides is 1. The Morgan fingerprint density at radius 1 is 1.20 bits per heavy atom. The Bertz CT molecular complexity index is 476. The Hall–Kier alpha value is -0.390. The molecule has 0 saturated carbocycles. The van der Waals surface area contributed by atoms with Crippen LogP contribution >= 0.6 is 15.9 Å². The summed E-state index contributed by atoms with van der Waals surface area (Å²) in [4.78, 5) is 0. The number of benzene rings is 1. The van der Waals surface area contributed by atoms with Crippen molar-refractivity contribution in [2.75, 3.05) is 24.2 Å². The Labute approximate surface area is 131 Å². The summed E-state index contributed by atoms with van der Waals surface area (Å²) in [6.45, 7) is 5.21. The molecule has 3 nitrogen and oxygen atoms in total. The lowest BCUT2D eigenvalue weighted by atomic mass is 10.0. The van der Waals surface area contributed by atoms with Crippen LogP contribution in [0.5, 0.6) is 0 Å². The molecule has 0 amide bonds. The summed E-state index contributed by atoms with van der Waals surface area (Å²) in [7, 11) is -3.20. The van der Waals surface area contributed by atoms with Gasteiger partial charge in [-0.1, -0.05) is 66.5 Å². The van der Waals surface area contributed by atoms with E-state index in [0.717, 1.165) is 18.4 Å². The average Bonchev–Trinajstić information content (AvgIpc) is 2.43. The monoisotopic (exact) mass is 361 g/mol. The molecule has 20 heavy (non-hydrogen) atoms. The second-order valence-electron chi connectivity index (χ2n) is 5.03. The van der Waals surface area contributed by atoms with Gasteiger partial charge in [0.15, 0.2) is 0 Å². The zero-order chi connectivity index (χ0) is 15.0. The van der Waals surface area contributed by atoms with Crippen LogP contribution in [-0.2, 0) is 10.0 Å². The Balaban J connectivity index is 2.75. The first-order valence-corrected chi connectivity index (χ1v) is 9.83. The molecule has 0 aliphatic rings. The van der Waals surface area contributed by atoms with Crippen molar-refractivity contribution in [3.63, 3.8) is 0 Å². The van der Waals surface area contributed by atoms with Crippen molar-refractivity contribution in [3.8, 4) is 0 Å². The summed E-state index contributed by atoms with van der Waals surface area (Å²) in [6, 6.07) is 9.82. The van der Waals surface area contributed by atoms with Gasteiger partial charge in [-0.2, -0.15) is 0 Å². The van der Waals surface area contributed by atoms with Crippen LogP contribution < -0.4 is 0 Å². The van der Waals surface area contributed by atoms with Gasteiger partial charge < -0.3 is 0 Å². The maximum atomic E-state index is 12.5. The van der Waals surface area contributed by atoms with Crippen LogP contribution in [0.4, 0.5) is 0 Å². The van der Waals surface area contributed by atoms with Gasteiger partial charge in [0.2, 0.25) is 10.0 Å². The summed E-state index contributed by atoms with van der Waals surface area (Å²) >= 11 is 3.34. The highest BCUT2D eigenvalue weighted by molar-refractivity contribution is 9.09.